The largest absolute Gasteiger partial charge is 0.467 e. The summed E-state index contributed by atoms with van der Waals surface area (Å²) in [4.78, 5) is 11.7. The molecule has 0 bridgehead atoms. The zero-order valence-electron chi connectivity index (χ0n) is 10.3. The van der Waals surface area contributed by atoms with Crippen LogP contribution in [0.5, 0.6) is 0 Å². The van der Waals surface area contributed by atoms with Gasteiger partial charge in [0.25, 0.3) is 0 Å². The summed E-state index contributed by atoms with van der Waals surface area (Å²) >= 11 is 0. The van der Waals surface area contributed by atoms with Crippen molar-refractivity contribution in [1.29, 1.82) is 0 Å². The summed E-state index contributed by atoms with van der Waals surface area (Å²) in [6.07, 6.45) is 0.586. The van der Waals surface area contributed by atoms with Crippen LogP contribution >= 0.6 is 0 Å². The summed E-state index contributed by atoms with van der Waals surface area (Å²) < 4.78 is 15.8. The van der Waals surface area contributed by atoms with Gasteiger partial charge in [-0.25, -0.2) is 4.79 Å². The van der Waals surface area contributed by atoms with Crippen molar-refractivity contribution >= 4 is 5.97 Å². The van der Waals surface area contributed by atoms with Gasteiger partial charge in [0.1, 0.15) is 5.60 Å². The van der Waals surface area contributed by atoms with Gasteiger partial charge in [-0.3, -0.25) is 0 Å². The van der Waals surface area contributed by atoms with Crippen molar-refractivity contribution in [3.63, 3.8) is 0 Å². The molecular weight excluding hydrogens is 196 g/mol. The van der Waals surface area contributed by atoms with E-state index in [1.807, 2.05) is 27.7 Å². The molecule has 0 aromatic rings. The zero-order chi connectivity index (χ0) is 11.9. The SMILES string of the molecule is CCC1(C(=O)OC)OC1(C)C(C)(C)OC. The van der Waals surface area contributed by atoms with Gasteiger partial charge in [-0.05, 0) is 27.2 Å². The van der Waals surface area contributed by atoms with Crippen LogP contribution in [0.15, 0.2) is 0 Å². The molecule has 1 aliphatic heterocycles. The summed E-state index contributed by atoms with van der Waals surface area (Å²) in [5.74, 6) is -0.322. The van der Waals surface area contributed by atoms with E-state index in [1.165, 1.54) is 7.11 Å². The van der Waals surface area contributed by atoms with Gasteiger partial charge in [0.05, 0.1) is 12.7 Å². The molecule has 2 atom stereocenters. The van der Waals surface area contributed by atoms with Crippen molar-refractivity contribution in [1.82, 2.24) is 0 Å². The average Bonchev–Trinajstić information content (AvgIpc) is 2.86. The Morgan fingerprint density at radius 1 is 1.40 bits per heavy atom. The third kappa shape index (κ3) is 1.39. The minimum Gasteiger partial charge on any atom is -0.467 e. The van der Waals surface area contributed by atoms with E-state index in [9.17, 15) is 4.79 Å². The van der Waals surface area contributed by atoms with E-state index in [-0.39, 0.29) is 5.97 Å². The minimum atomic E-state index is -0.846. The Morgan fingerprint density at radius 3 is 2.27 bits per heavy atom. The molecular formula is C11H20O4. The molecule has 0 radical (unpaired) electrons. The quantitative estimate of drug-likeness (QED) is 0.528. The number of carbonyl (C=O) groups excluding carboxylic acids is 1. The number of esters is 1. The number of rotatable bonds is 4. The number of hydrogen-bond donors (Lipinski definition) is 0. The molecule has 88 valence electrons. The number of ether oxygens (including phenoxy) is 3. The first-order chi connectivity index (χ1) is 6.81. The van der Waals surface area contributed by atoms with Crippen LogP contribution in [0.3, 0.4) is 0 Å². The molecule has 4 nitrogen and oxygen atoms in total. The van der Waals surface area contributed by atoms with Crippen LogP contribution in [-0.4, -0.2) is 37.0 Å². The highest BCUT2D eigenvalue weighted by Crippen LogP contribution is 2.57. The van der Waals surface area contributed by atoms with Crippen LogP contribution in [0, 0.1) is 0 Å². The second kappa shape index (κ2) is 3.46. The lowest BCUT2D eigenvalue weighted by Gasteiger charge is -2.29. The van der Waals surface area contributed by atoms with Crippen LogP contribution in [0.25, 0.3) is 0 Å². The summed E-state index contributed by atoms with van der Waals surface area (Å²) in [7, 11) is 2.99. The molecule has 1 rings (SSSR count). The second-order valence-electron chi connectivity index (χ2n) is 4.52. The number of carbonyl (C=O) groups is 1. The molecule has 1 heterocycles. The molecule has 15 heavy (non-hydrogen) atoms. The van der Waals surface area contributed by atoms with E-state index in [1.54, 1.807) is 7.11 Å². The zero-order valence-corrected chi connectivity index (χ0v) is 10.3. The number of hydrogen-bond acceptors (Lipinski definition) is 4. The highest BCUT2D eigenvalue weighted by atomic mass is 16.7. The first-order valence-electron chi connectivity index (χ1n) is 5.15. The van der Waals surface area contributed by atoms with Gasteiger partial charge in [-0.15, -0.1) is 0 Å². The lowest BCUT2D eigenvalue weighted by Crippen LogP contribution is -2.47. The monoisotopic (exact) mass is 216 g/mol. The Morgan fingerprint density at radius 2 is 1.93 bits per heavy atom. The molecule has 0 spiro atoms. The maximum absolute atomic E-state index is 11.7. The highest BCUT2D eigenvalue weighted by Gasteiger charge is 2.77. The molecule has 1 saturated heterocycles. The highest BCUT2D eigenvalue weighted by molar-refractivity contribution is 5.85. The van der Waals surface area contributed by atoms with Crippen LogP contribution < -0.4 is 0 Å². The van der Waals surface area contributed by atoms with E-state index in [2.05, 4.69) is 0 Å². The summed E-state index contributed by atoms with van der Waals surface area (Å²) in [5, 5.41) is 0. The van der Waals surface area contributed by atoms with Gasteiger partial charge in [-0.1, -0.05) is 6.92 Å². The average molecular weight is 216 g/mol. The van der Waals surface area contributed by atoms with E-state index < -0.39 is 16.8 Å². The summed E-state index contributed by atoms with van der Waals surface area (Å²) in [5.41, 5.74) is -1.98. The molecule has 1 fully saturated rings. The van der Waals surface area contributed by atoms with E-state index in [0.29, 0.717) is 6.42 Å². The Kier molecular flexibility index (Phi) is 2.87. The molecule has 0 amide bonds. The van der Waals surface area contributed by atoms with E-state index >= 15 is 0 Å². The van der Waals surface area contributed by atoms with Gasteiger partial charge in [0.2, 0.25) is 0 Å². The van der Waals surface area contributed by atoms with Crippen molar-refractivity contribution in [2.24, 2.45) is 0 Å². The molecule has 4 heteroatoms. The number of epoxide rings is 1. The van der Waals surface area contributed by atoms with Gasteiger partial charge >= 0.3 is 5.97 Å². The first kappa shape index (κ1) is 12.5. The van der Waals surface area contributed by atoms with Crippen LogP contribution in [0.4, 0.5) is 0 Å². The smallest absolute Gasteiger partial charge is 0.341 e. The van der Waals surface area contributed by atoms with Gasteiger partial charge in [-0.2, -0.15) is 0 Å². The number of methoxy groups -OCH3 is 2. The van der Waals surface area contributed by atoms with E-state index in [4.69, 9.17) is 14.2 Å². The predicted molar refractivity (Wildman–Crippen MR) is 55.6 cm³/mol. The Bertz CT molecular complexity index is 274. The van der Waals surface area contributed by atoms with Gasteiger partial charge in [0.15, 0.2) is 5.60 Å². The lowest BCUT2D eigenvalue weighted by atomic mass is 9.80. The topological polar surface area (TPSA) is 48.1 Å². The van der Waals surface area contributed by atoms with Crippen LogP contribution in [-0.2, 0) is 19.0 Å². The molecule has 0 saturated carbocycles. The summed E-state index contributed by atoms with van der Waals surface area (Å²) in [6.45, 7) is 7.62. The fraction of sp³-hybridized carbons (Fsp3) is 0.909. The standard InChI is InChI=1S/C11H20O4/c1-7-11(8(12)13-5)10(4,15-11)9(2,3)14-6/h7H2,1-6H3. The van der Waals surface area contributed by atoms with Gasteiger partial charge in [0, 0.05) is 7.11 Å². The minimum absolute atomic E-state index is 0.322. The van der Waals surface area contributed by atoms with Crippen molar-refractivity contribution < 1.29 is 19.0 Å². The Hall–Kier alpha value is -0.610. The van der Waals surface area contributed by atoms with Crippen molar-refractivity contribution in [3.8, 4) is 0 Å². The third-order valence-electron chi connectivity index (χ3n) is 3.78. The Balaban J connectivity index is 2.99. The maximum atomic E-state index is 11.7. The Labute approximate surface area is 90.9 Å². The van der Waals surface area contributed by atoms with Gasteiger partial charge < -0.3 is 14.2 Å². The van der Waals surface area contributed by atoms with Crippen molar-refractivity contribution in [2.75, 3.05) is 14.2 Å². The molecule has 1 aliphatic rings. The summed E-state index contributed by atoms with van der Waals surface area (Å²) in [6, 6.07) is 0. The fourth-order valence-electron chi connectivity index (χ4n) is 2.08. The molecule has 2 unspecified atom stereocenters. The molecule has 0 aliphatic carbocycles. The molecule has 0 N–H and O–H groups in total. The maximum Gasteiger partial charge on any atom is 0.341 e. The van der Waals surface area contributed by atoms with Crippen molar-refractivity contribution in [2.45, 2.75) is 50.9 Å². The fourth-order valence-corrected chi connectivity index (χ4v) is 2.08. The molecule has 0 aromatic carbocycles. The second-order valence-corrected chi connectivity index (χ2v) is 4.52. The van der Waals surface area contributed by atoms with Crippen LogP contribution in [0.1, 0.15) is 34.1 Å². The third-order valence-corrected chi connectivity index (χ3v) is 3.78. The normalized spacial score (nSPS) is 35.1. The van der Waals surface area contributed by atoms with Crippen LogP contribution in [0.2, 0.25) is 0 Å². The van der Waals surface area contributed by atoms with Crippen molar-refractivity contribution in [3.05, 3.63) is 0 Å². The van der Waals surface area contributed by atoms with E-state index in [0.717, 1.165) is 0 Å². The lowest BCUT2D eigenvalue weighted by molar-refractivity contribution is -0.147. The predicted octanol–water partition coefficient (Wildman–Crippen LogP) is 1.52. The first-order valence-corrected chi connectivity index (χ1v) is 5.15. The molecule has 0 aromatic heterocycles.